The van der Waals surface area contributed by atoms with Crippen molar-refractivity contribution in [3.63, 3.8) is 0 Å². The lowest BCUT2D eigenvalue weighted by molar-refractivity contribution is -0.139. The minimum atomic E-state index is -3.81. The number of hydrogen-bond acceptors (Lipinski definition) is 4. The van der Waals surface area contributed by atoms with E-state index in [2.05, 4.69) is 5.32 Å². The van der Waals surface area contributed by atoms with Crippen LogP contribution in [-0.4, -0.2) is 50.0 Å². The second-order valence-corrected chi connectivity index (χ2v) is 10.4. The summed E-state index contributed by atoms with van der Waals surface area (Å²) in [6.45, 7) is 6.92. The van der Waals surface area contributed by atoms with E-state index in [9.17, 15) is 18.0 Å². The Hall–Kier alpha value is -2.58. The smallest absolute Gasteiger partial charge is 0.244 e. The van der Waals surface area contributed by atoms with Crippen LogP contribution in [0.1, 0.15) is 31.9 Å². The average molecular weight is 480 g/mol. The van der Waals surface area contributed by atoms with Gasteiger partial charge in [-0.2, -0.15) is 0 Å². The van der Waals surface area contributed by atoms with E-state index in [-0.39, 0.29) is 29.2 Å². The highest BCUT2D eigenvalue weighted by Gasteiger charge is 2.30. The van der Waals surface area contributed by atoms with Crippen LogP contribution in [0.5, 0.6) is 0 Å². The van der Waals surface area contributed by atoms with Crippen molar-refractivity contribution < 1.29 is 18.0 Å². The van der Waals surface area contributed by atoms with Crippen molar-refractivity contribution in [1.82, 2.24) is 10.2 Å². The fourth-order valence-electron chi connectivity index (χ4n) is 3.24. The van der Waals surface area contributed by atoms with Crippen LogP contribution in [0.3, 0.4) is 0 Å². The van der Waals surface area contributed by atoms with Gasteiger partial charge in [0, 0.05) is 12.6 Å². The molecule has 0 saturated heterocycles. The maximum absolute atomic E-state index is 13.4. The lowest BCUT2D eigenvalue weighted by atomic mass is 10.1. The number of carbonyl (C=O) groups excluding carboxylic acids is 2. The zero-order valence-electron chi connectivity index (χ0n) is 19.0. The SMILES string of the molecule is Cc1cccc(CN(C(=O)CN(c2ccccc2Cl)S(C)(=O)=O)[C@@H](C)C(=O)NC(C)C)c1. The minimum absolute atomic E-state index is 0.100. The highest BCUT2D eigenvalue weighted by atomic mass is 35.5. The van der Waals surface area contributed by atoms with E-state index in [0.717, 1.165) is 21.7 Å². The van der Waals surface area contributed by atoms with Gasteiger partial charge in [-0.25, -0.2) is 8.42 Å². The highest BCUT2D eigenvalue weighted by molar-refractivity contribution is 7.92. The standard InChI is InChI=1S/C23H30ClN3O4S/c1-16(2)25-23(29)18(4)26(14-19-10-8-9-17(3)13-19)22(28)15-27(32(5,30)31)21-12-7-6-11-20(21)24/h6-13,16,18H,14-15H2,1-5H3,(H,25,29)/t18-/m0/s1. The van der Waals surface area contributed by atoms with E-state index in [1.807, 2.05) is 45.0 Å². The number of nitrogens with one attached hydrogen (secondary N) is 1. The molecule has 1 N–H and O–H groups in total. The Bertz CT molecular complexity index is 1070. The maximum Gasteiger partial charge on any atom is 0.244 e. The third-order valence-electron chi connectivity index (χ3n) is 4.83. The van der Waals surface area contributed by atoms with Gasteiger partial charge in [-0.15, -0.1) is 0 Å². The Morgan fingerprint density at radius 2 is 1.72 bits per heavy atom. The Labute approximate surface area is 195 Å². The van der Waals surface area contributed by atoms with E-state index in [1.54, 1.807) is 25.1 Å². The first kappa shape index (κ1) is 25.7. The summed E-state index contributed by atoms with van der Waals surface area (Å²) in [6, 6.07) is 13.1. The molecule has 9 heteroatoms. The number of sulfonamides is 1. The Morgan fingerprint density at radius 3 is 2.28 bits per heavy atom. The van der Waals surface area contributed by atoms with Gasteiger partial charge >= 0.3 is 0 Å². The minimum Gasteiger partial charge on any atom is -0.352 e. The molecule has 2 aromatic rings. The molecule has 0 spiro atoms. The number of anilines is 1. The van der Waals surface area contributed by atoms with Crippen LogP contribution in [0, 0.1) is 6.92 Å². The molecule has 0 radical (unpaired) electrons. The molecule has 2 rings (SSSR count). The van der Waals surface area contributed by atoms with E-state index in [4.69, 9.17) is 11.6 Å². The molecule has 0 heterocycles. The van der Waals surface area contributed by atoms with Crippen LogP contribution in [0.2, 0.25) is 5.02 Å². The van der Waals surface area contributed by atoms with E-state index >= 15 is 0 Å². The number of rotatable bonds is 9. The summed E-state index contributed by atoms with van der Waals surface area (Å²) in [5.74, 6) is -0.826. The monoisotopic (exact) mass is 479 g/mol. The second kappa shape index (κ2) is 10.8. The number of amides is 2. The van der Waals surface area contributed by atoms with Gasteiger partial charge in [0.05, 0.1) is 17.0 Å². The van der Waals surface area contributed by atoms with E-state index < -0.39 is 28.5 Å². The van der Waals surface area contributed by atoms with Gasteiger partial charge in [-0.1, -0.05) is 53.6 Å². The number of halogens is 1. The highest BCUT2D eigenvalue weighted by Crippen LogP contribution is 2.27. The summed E-state index contributed by atoms with van der Waals surface area (Å²) < 4.78 is 26.0. The van der Waals surface area contributed by atoms with E-state index in [0.29, 0.717) is 0 Å². The van der Waals surface area contributed by atoms with Crippen molar-refractivity contribution in [2.75, 3.05) is 17.1 Å². The summed E-state index contributed by atoms with van der Waals surface area (Å²) in [5, 5.41) is 3.02. The van der Waals surface area contributed by atoms with Crippen LogP contribution in [0.25, 0.3) is 0 Å². The Balaban J connectivity index is 2.40. The fourth-order valence-corrected chi connectivity index (χ4v) is 4.39. The quantitative estimate of drug-likeness (QED) is 0.597. The zero-order valence-corrected chi connectivity index (χ0v) is 20.6. The van der Waals surface area contributed by atoms with Crippen LogP contribution in [0.15, 0.2) is 48.5 Å². The summed E-state index contributed by atoms with van der Waals surface area (Å²) in [6.07, 6.45) is 1.02. The predicted octanol–water partition coefficient (Wildman–Crippen LogP) is 3.36. The van der Waals surface area contributed by atoms with Crippen molar-refractivity contribution >= 4 is 39.1 Å². The third kappa shape index (κ3) is 6.97. The zero-order chi connectivity index (χ0) is 24.1. The van der Waals surface area contributed by atoms with Gasteiger partial charge in [0.25, 0.3) is 0 Å². The Kier molecular flexibility index (Phi) is 8.69. The molecule has 7 nitrogen and oxygen atoms in total. The number of para-hydroxylation sites is 1. The molecule has 0 fully saturated rings. The fraction of sp³-hybridized carbons (Fsp3) is 0.391. The van der Waals surface area contributed by atoms with Crippen LogP contribution >= 0.6 is 11.6 Å². The maximum atomic E-state index is 13.4. The van der Waals surface area contributed by atoms with E-state index in [1.165, 1.54) is 11.0 Å². The van der Waals surface area contributed by atoms with Crippen LogP contribution in [-0.2, 0) is 26.2 Å². The molecule has 0 aliphatic heterocycles. The Morgan fingerprint density at radius 1 is 1.06 bits per heavy atom. The number of aryl methyl sites for hydroxylation is 1. The molecule has 0 bridgehead atoms. The molecular weight excluding hydrogens is 450 g/mol. The first-order valence-electron chi connectivity index (χ1n) is 10.3. The molecule has 32 heavy (non-hydrogen) atoms. The molecular formula is C23H30ClN3O4S. The summed E-state index contributed by atoms with van der Waals surface area (Å²) >= 11 is 6.21. The van der Waals surface area contributed by atoms with Gasteiger partial charge in [-0.05, 0) is 45.4 Å². The van der Waals surface area contributed by atoms with Crippen molar-refractivity contribution in [3.8, 4) is 0 Å². The van der Waals surface area contributed by atoms with Gasteiger partial charge in [-0.3, -0.25) is 13.9 Å². The molecule has 0 saturated carbocycles. The van der Waals surface area contributed by atoms with Crippen LogP contribution < -0.4 is 9.62 Å². The first-order valence-corrected chi connectivity index (χ1v) is 12.5. The summed E-state index contributed by atoms with van der Waals surface area (Å²) in [5.41, 5.74) is 2.06. The second-order valence-electron chi connectivity index (χ2n) is 8.07. The molecule has 2 amide bonds. The van der Waals surface area contributed by atoms with Crippen molar-refractivity contribution in [2.45, 2.75) is 46.3 Å². The number of nitrogens with zero attached hydrogens (tertiary/aromatic N) is 2. The molecule has 0 aliphatic carbocycles. The van der Waals surface area contributed by atoms with Crippen molar-refractivity contribution in [2.24, 2.45) is 0 Å². The molecule has 0 unspecified atom stereocenters. The van der Waals surface area contributed by atoms with Gasteiger partial charge in [0.15, 0.2) is 0 Å². The van der Waals surface area contributed by atoms with Crippen molar-refractivity contribution in [1.29, 1.82) is 0 Å². The number of hydrogen-bond donors (Lipinski definition) is 1. The molecule has 1 atom stereocenters. The molecule has 174 valence electrons. The van der Waals surface area contributed by atoms with Gasteiger partial charge < -0.3 is 10.2 Å². The third-order valence-corrected chi connectivity index (χ3v) is 6.28. The normalized spacial score (nSPS) is 12.3. The molecule has 2 aromatic carbocycles. The summed E-state index contributed by atoms with van der Waals surface area (Å²) in [4.78, 5) is 27.5. The first-order chi connectivity index (χ1) is 14.9. The molecule has 0 aliphatic rings. The lowest BCUT2D eigenvalue weighted by Gasteiger charge is -2.32. The lowest BCUT2D eigenvalue weighted by Crippen LogP contribution is -2.52. The van der Waals surface area contributed by atoms with Crippen molar-refractivity contribution in [3.05, 3.63) is 64.7 Å². The number of benzene rings is 2. The average Bonchev–Trinajstić information content (AvgIpc) is 2.69. The number of carbonyl (C=O) groups is 2. The van der Waals surface area contributed by atoms with Gasteiger partial charge in [0.1, 0.15) is 12.6 Å². The topological polar surface area (TPSA) is 86.8 Å². The predicted molar refractivity (Wildman–Crippen MR) is 128 cm³/mol. The summed E-state index contributed by atoms with van der Waals surface area (Å²) in [7, 11) is -3.81. The van der Waals surface area contributed by atoms with Crippen LogP contribution in [0.4, 0.5) is 5.69 Å². The molecule has 0 aromatic heterocycles. The van der Waals surface area contributed by atoms with Gasteiger partial charge in [0.2, 0.25) is 21.8 Å². The largest absolute Gasteiger partial charge is 0.352 e.